The molecule has 0 bridgehead atoms. The predicted molar refractivity (Wildman–Crippen MR) is 94.7 cm³/mol. The lowest BCUT2D eigenvalue weighted by atomic mass is 9.88. The first-order valence-electron chi connectivity index (χ1n) is 8.62. The number of carbonyl (C=O) groups excluding carboxylic acids is 2. The molecule has 0 aliphatic carbocycles. The first-order valence-corrected chi connectivity index (χ1v) is 9.00. The van der Waals surface area contributed by atoms with E-state index in [4.69, 9.17) is 11.6 Å². The summed E-state index contributed by atoms with van der Waals surface area (Å²) in [7, 11) is 0. The van der Waals surface area contributed by atoms with Crippen molar-refractivity contribution in [3.05, 3.63) is 47.3 Å². The number of hydrogen-bond acceptors (Lipinski definition) is 2. The summed E-state index contributed by atoms with van der Waals surface area (Å²) in [6, 6.07) is 4.71. The van der Waals surface area contributed by atoms with E-state index in [-0.39, 0.29) is 29.5 Å². The molecule has 2 saturated heterocycles. The van der Waals surface area contributed by atoms with Gasteiger partial charge in [-0.3, -0.25) is 9.59 Å². The van der Waals surface area contributed by atoms with Crippen molar-refractivity contribution in [1.29, 1.82) is 0 Å². The van der Waals surface area contributed by atoms with Crippen LogP contribution in [0.15, 0.2) is 30.9 Å². The van der Waals surface area contributed by atoms with Gasteiger partial charge >= 0.3 is 0 Å². The zero-order valence-electron chi connectivity index (χ0n) is 14.1. The molecule has 2 aliphatic rings. The SMILES string of the molecule is C=CC(=O)N1CCC(C(=O)N2CC(Cc3c(F)cccc3Cl)C2)CC1. The molecule has 1 aromatic carbocycles. The third-order valence-electron chi connectivity index (χ3n) is 5.15. The molecule has 25 heavy (non-hydrogen) atoms. The maximum Gasteiger partial charge on any atom is 0.245 e. The maximum atomic E-state index is 13.8. The summed E-state index contributed by atoms with van der Waals surface area (Å²) >= 11 is 6.07. The normalized spacial score (nSPS) is 18.8. The second kappa shape index (κ2) is 7.56. The Morgan fingerprint density at radius 1 is 1.24 bits per heavy atom. The third-order valence-corrected chi connectivity index (χ3v) is 5.51. The Bertz CT molecular complexity index is 660. The van der Waals surface area contributed by atoms with Crippen molar-refractivity contribution in [2.45, 2.75) is 19.3 Å². The number of rotatable bonds is 4. The van der Waals surface area contributed by atoms with Crippen molar-refractivity contribution in [2.24, 2.45) is 11.8 Å². The van der Waals surface area contributed by atoms with Gasteiger partial charge in [-0.1, -0.05) is 24.2 Å². The van der Waals surface area contributed by atoms with Gasteiger partial charge < -0.3 is 9.80 Å². The van der Waals surface area contributed by atoms with E-state index in [1.165, 1.54) is 12.1 Å². The molecule has 4 nitrogen and oxygen atoms in total. The monoisotopic (exact) mass is 364 g/mol. The Labute approximate surface area is 152 Å². The Balaban J connectivity index is 1.47. The third kappa shape index (κ3) is 3.87. The fourth-order valence-electron chi connectivity index (χ4n) is 3.63. The topological polar surface area (TPSA) is 40.6 Å². The van der Waals surface area contributed by atoms with Crippen LogP contribution in [-0.4, -0.2) is 47.8 Å². The summed E-state index contributed by atoms with van der Waals surface area (Å²) in [6.07, 6.45) is 3.26. The number of likely N-dealkylation sites (tertiary alicyclic amines) is 2. The van der Waals surface area contributed by atoms with Gasteiger partial charge in [-0.05, 0) is 43.4 Å². The molecule has 0 N–H and O–H groups in total. The first kappa shape index (κ1) is 17.9. The van der Waals surface area contributed by atoms with Crippen molar-refractivity contribution < 1.29 is 14.0 Å². The van der Waals surface area contributed by atoms with Gasteiger partial charge in [0.05, 0.1) is 0 Å². The zero-order valence-corrected chi connectivity index (χ0v) is 14.8. The molecule has 0 saturated carbocycles. The molecule has 3 rings (SSSR count). The summed E-state index contributed by atoms with van der Waals surface area (Å²) in [6.45, 7) is 5.99. The predicted octanol–water partition coefficient (Wildman–Crippen LogP) is 2.90. The lowest BCUT2D eigenvalue weighted by Gasteiger charge is -2.42. The van der Waals surface area contributed by atoms with Crippen LogP contribution in [0.2, 0.25) is 5.02 Å². The minimum Gasteiger partial charge on any atom is -0.342 e. The average molecular weight is 365 g/mol. The quantitative estimate of drug-likeness (QED) is 0.771. The van der Waals surface area contributed by atoms with E-state index >= 15 is 0 Å². The van der Waals surface area contributed by atoms with E-state index in [1.54, 1.807) is 17.0 Å². The summed E-state index contributed by atoms with van der Waals surface area (Å²) in [5.74, 6) is 0.0300. The lowest BCUT2D eigenvalue weighted by molar-refractivity contribution is -0.145. The van der Waals surface area contributed by atoms with Gasteiger partial charge in [0.25, 0.3) is 0 Å². The molecule has 6 heteroatoms. The van der Waals surface area contributed by atoms with E-state index < -0.39 is 0 Å². The molecule has 1 aromatic rings. The van der Waals surface area contributed by atoms with Crippen LogP contribution in [0, 0.1) is 17.7 Å². The van der Waals surface area contributed by atoms with Gasteiger partial charge in [0.2, 0.25) is 11.8 Å². The molecular formula is C19H22ClFN2O2. The Morgan fingerprint density at radius 2 is 1.92 bits per heavy atom. The van der Waals surface area contributed by atoms with E-state index in [0.717, 1.165) is 0 Å². The summed E-state index contributed by atoms with van der Waals surface area (Å²) < 4.78 is 13.8. The van der Waals surface area contributed by atoms with Gasteiger partial charge in [-0.15, -0.1) is 0 Å². The minimum absolute atomic E-state index is 0.0214. The number of hydrogen-bond donors (Lipinski definition) is 0. The number of halogens is 2. The number of piperidine rings is 1. The molecule has 0 radical (unpaired) electrons. The average Bonchev–Trinajstić information content (AvgIpc) is 2.58. The standard InChI is InChI=1S/C19H22ClFN2O2/c1-2-18(24)22-8-6-14(7-9-22)19(25)23-11-13(12-23)10-15-16(20)4-3-5-17(15)21/h2-5,13-14H,1,6-12H2. The molecule has 2 fully saturated rings. The fourth-order valence-corrected chi connectivity index (χ4v) is 3.87. The van der Waals surface area contributed by atoms with Crippen LogP contribution in [-0.2, 0) is 16.0 Å². The van der Waals surface area contributed by atoms with Crippen molar-refractivity contribution in [1.82, 2.24) is 9.80 Å². The maximum absolute atomic E-state index is 13.8. The van der Waals surface area contributed by atoms with E-state index in [1.807, 2.05) is 4.90 Å². The van der Waals surface area contributed by atoms with Crippen molar-refractivity contribution in [3.63, 3.8) is 0 Å². The van der Waals surface area contributed by atoms with Crippen molar-refractivity contribution in [2.75, 3.05) is 26.2 Å². The largest absolute Gasteiger partial charge is 0.342 e. The van der Waals surface area contributed by atoms with Crippen LogP contribution in [0.5, 0.6) is 0 Å². The summed E-state index contributed by atoms with van der Waals surface area (Å²) in [4.78, 5) is 27.7. The van der Waals surface area contributed by atoms with E-state index in [2.05, 4.69) is 6.58 Å². The fraction of sp³-hybridized carbons (Fsp3) is 0.474. The highest BCUT2D eigenvalue weighted by Crippen LogP contribution is 2.29. The summed E-state index contributed by atoms with van der Waals surface area (Å²) in [5.41, 5.74) is 0.539. The molecular weight excluding hydrogens is 343 g/mol. The smallest absolute Gasteiger partial charge is 0.245 e. The minimum atomic E-state index is -0.281. The molecule has 2 aliphatic heterocycles. The summed E-state index contributed by atoms with van der Waals surface area (Å²) in [5, 5.41) is 0.448. The lowest BCUT2D eigenvalue weighted by Crippen LogP contribution is -2.54. The number of benzene rings is 1. The van der Waals surface area contributed by atoms with Crippen LogP contribution in [0.1, 0.15) is 18.4 Å². The van der Waals surface area contributed by atoms with E-state index in [0.29, 0.717) is 56.0 Å². The van der Waals surface area contributed by atoms with Crippen molar-refractivity contribution >= 4 is 23.4 Å². The van der Waals surface area contributed by atoms with Crippen LogP contribution in [0.25, 0.3) is 0 Å². The molecule has 134 valence electrons. The molecule has 2 heterocycles. The first-order chi connectivity index (χ1) is 12.0. The van der Waals surface area contributed by atoms with Gasteiger partial charge in [0.1, 0.15) is 5.82 Å². The van der Waals surface area contributed by atoms with Gasteiger partial charge in [0.15, 0.2) is 0 Å². The molecule has 0 spiro atoms. The zero-order chi connectivity index (χ0) is 18.0. The van der Waals surface area contributed by atoms with Crippen LogP contribution in [0.4, 0.5) is 4.39 Å². The highest BCUT2D eigenvalue weighted by atomic mass is 35.5. The van der Waals surface area contributed by atoms with Crippen LogP contribution in [0.3, 0.4) is 0 Å². The number of amides is 2. The highest BCUT2D eigenvalue weighted by molar-refractivity contribution is 6.31. The van der Waals surface area contributed by atoms with Gasteiger partial charge in [0, 0.05) is 42.7 Å². The Hall–Kier alpha value is -1.88. The molecule has 0 unspecified atom stereocenters. The van der Waals surface area contributed by atoms with Gasteiger partial charge in [-0.2, -0.15) is 0 Å². The number of nitrogens with zero attached hydrogens (tertiary/aromatic N) is 2. The van der Waals surface area contributed by atoms with Gasteiger partial charge in [-0.25, -0.2) is 4.39 Å². The van der Waals surface area contributed by atoms with Crippen molar-refractivity contribution in [3.8, 4) is 0 Å². The molecule has 2 amide bonds. The molecule has 0 aromatic heterocycles. The van der Waals surface area contributed by atoms with Crippen LogP contribution >= 0.6 is 11.6 Å². The second-order valence-electron chi connectivity index (χ2n) is 6.82. The number of carbonyl (C=O) groups is 2. The van der Waals surface area contributed by atoms with Crippen LogP contribution < -0.4 is 0 Å². The molecule has 0 atom stereocenters. The second-order valence-corrected chi connectivity index (χ2v) is 7.22. The highest BCUT2D eigenvalue weighted by Gasteiger charge is 2.36. The Kier molecular flexibility index (Phi) is 5.42. The Morgan fingerprint density at radius 3 is 2.52 bits per heavy atom. The van der Waals surface area contributed by atoms with E-state index in [9.17, 15) is 14.0 Å².